The highest BCUT2D eigenvalue weighted by Crippen LogP contribution is 2.49. The quantitative estimate of drug-likeness (QED) is 0.241. The van der Waals surface area contributed by atoms with E-state index in [-0.39, 0.29) is 6.03 Å². The largest absolute Gasteiger partial charge is 0.333 e. The third kappa shape index (κ3) is 4.69. The predicted octanol–water partition coefficient (Wildman–Crippen LogP) is 7.23. The van der Waals surface area contributed by atoms with E-state index < -0.39 is 7.05 Å². The molecule has 1 amide bonds. The Hall–Kier alpha value is -4.73. The number of nitrogens with one attached hydrogen (secondary N) is 1. The number of amides is 1. The van der Waals surface area contributed by atoms with Crippen molar-refractivity contribution in [3.8, 4) is 0 Å². The minimum absolute atomic E-state index is 0.307. The van der Waals surface area contributed by atoms with Gasteiger partial charge in [0.1, 0.15) is 0 Å². The molecular weight excluding hydrogens is 499 g/mol. The van der Waals surface area contributed by atoms with E-state index in [9.17, 15) is 4.79 Å². The van der Waals surface area contributed by atoms with E-state index in [0.717, 1.165) is 21.5 Å². The van der Waals surface area contributed by atoms with Gasteiger partial charge >= 0.3 is 6.03 Å². The van der Waals surface area contributed by atoms with Crippen molar-refractivity contribution in [3.05, 3.63) is 145 Å². The molecule has 0 saturated carbocycles. The number of fused-ring (bicyclic) bond motifs is 1. The number of para-hydroxylation sites is 2. The van der Waals surface area contributed by atoms with Crippen LogP contribution in [0.2, 0.25) is 0 Å². The summed E-state index contributed by atoms with van der Waals surface area (Å²) in [5.41, 5.74) is 3.25. The first-order chi connectivity index (χ1) is 19.1. The van der Waals surface area contributed by atoms with Gasteiger partial charge in [-0.15, -0.1) is 0 Å². The van der Waals surface area contributed by atoms with Crippen LogP contribution in [0.4, 0.5) is 16.4 Å². The first-order valence-electron chi connectivity index (χ1n) is 12.8. The van der Waals surface area contributed by atoms with E-state index in [1.165, 1.54) is 0 Å². The molecule has 0 saturated heterocycles. The summed E-state index contributed by atoms with van der Waals surface area (Å²) in [4.78, 5) is 18.8. The van der Waals surface area contributed by atoms with Gasteiger partial charge in [0.25, 0.3) is 0 Å². The Bertz CT molecular complexity index is 1690. The molecular formula is C33H27N4OP. The molecule has 5 aromatic carbocycles. The van der Waals surface area contributed by atoms with Gasteiger partial charge in [0, 0.05) is 21.6 Å². The Balaban J connectivity index is 1.66. The zero-order valence-corrected chi connectivity index (χ0v) is 22.4. The fourth-order valence-corrected chi connectivity index (χ4v) is 8.24. The number of carbonyl (C=O) groups excluding carboxylic acids is 1. The van der Waals surface area contributed by atoms with Gasteiger partial charge < -0.3 is 5.32 Å². The van der Waals surface area contributed by atoms with Crippen molar-refractivity contribution in [1.29, 1.82) is 0 Å². The minimum atomic E-state index is -2.62. The Morgan fingerprint density at radius 1 is 0.667 bits per heavy atom. The summed E-state index contributed by atoms with van der Waals surface area (Å²) in [7, 11) is -2.62. The Labute approximate surface area is 227 Å². The number of aromatic nitrogens is 2. The summed E-state index contributed by atoms with van der Waals surface area (Å²) >= 11 is 0. The Morgan fingerprint density at radius 2 is 1.15 bits per heavy atom. The number of benzene rings is 5. The third-order valence-corrected chi connectivity index (χ3v) is 10.3. The molecule has 6 heteroatoms. The summed E-state index contributed by atoms with van der Waals surface area (Å²) in [6, 6.07) is 46.1. The summed E-state index contributed by atoms with van der Waals surface area (Å²) in [6.07, 6.45) is 0. The maximum atomic E-state index is 13.9. The van der Waals surface area contributed by atoms with E-state index >= 15 is 0 Å². The van der Waals surface area contributed by atoms with Crippen LogP contribution >= 0.6 is 7.05 Å². The number of carbonyl (C=O) groups is 1. The van der Waals surface area contributed by atoms with Gasteiger partial charge in [-0.3, -0.25) is 0 Å². The van der Waals surface area contributed by atoms with Gasteiger partial charge in [0.15, 0.2) is 0 Å². The summed E-state index contributed by atoms with van der Waals surface area (Å²) in [6.45, 7) is 2.02. The molecule has 1 heterocycles. The topological polar surface area (TPSA) is 59.3 Å². The van der Waals surface area contributed by atoms with E-state index in [0.29, 0.717) is 22.7 Å². The zero-order chi connectivity index (χ0) is 26.7. The van der Waals surface area contributed by atoms with Crippen LogP contribution in [-0.2, 0) is 0 Å². The highest BCUT2D eigenvalue weighted by atomic mass is 31.2. The van der Waals surface area contributed by atoms with Crippen molar-refractivity contribution in [2.75, 3.05) is 5.32 Å². The highest BCUT2D eigenvalue weighted by Gasteiger charge is 2.29. The summed E-state index contributed by atoms with van der Waals surface area (Å²) in [5, 5.41) is 6.30. The highest BCUT2D eigenvalue weighted by molar-refractivity contribution is 7.87. The first kappa shape index (κ1) is 24.6. The maximum Gasteiger partial charge on any atom is 0.333 e. The van der Waals surface area contributed by atoms with Gasteiger partial charge in [0.05, 0.1) is 18.1 Å². The second kappa shape index (κ2) is 10.6. The lowest BCUT2D eigenvalue weighted by Crippen LogP contribution is -2.25. The van der Waals surface area contributed by atoms with E-state index in [4.69, 9.17) is 9.73 Å². The van der Waals surface area contributed by atoms with Crippen LogP contribution in [0.5, 0.6) is 0 Å². The number of anilines is 1. The van der Waals surface area contributed by atoms with Crippen molar-refractivity contribution in [1.82, 2.24) is 9.55 Å². The van der Waals surface area contributed by atoms with Crippen LogP contribution in [0.25, 0.3) is 11.0 Å². The summed E-state index contributed by atoms with van der Waals surface area (Å²) < 4.78 is 7.11. The standard InChI is InChI=1S/C33H27N4OP/c1-25-21-23-26(24-22-25)34-33(38)37-31-20-12-11-19-30(31)35-32(37)36-39(27-13-5-2-6-14-27,28-15-7-3-8-16-28)29-17-9-4-10-18-29/h2-24H,1H3,(H,34,38). The van der Waals surface area contributed by atoms with Gasteiger partial charge in [-0.1, -0.05) is 121 Å². The number of rotatable bonds is 5. The van der Waals surface area contributed by atoms with Gasteiger partial charge in [-0.25, -0.2) is 19.1 Å². The molecule has 0 aliphatic carbocycles. The molecule has 0 unspecified atom stereocenters. The molecule has 0 spiro atoms. The minimum Gasteiger partial charge on any atom is -0.307 e. The average Bonchev–Trinajstić information content (AvgIpc) is 3.36. The molecule has 1 N–H and O–H groups in total. The molecule has 0 aliphatic heterocycles. The van der Waals surface area contributed by atoms with Crippen LogP contribution in [-0.4, -0.2) is 15.6 Å². The molecule has 0 bridgehead atoms. The smallest absolute Gasteiger partial charge is 0.307 e. The van der Waals surface area contributed by atoms with Gasteiger partial charge in [-0.2, -0.15) is 0 Å². The molecule has 6 rings (SSSR count). The van der Waals surface area contributed by atoms with Crippen LogP contribution < -0.4 is 21.2 Å². The van der Waals surface area contributed by atoms with Crippen molar-refractivity contribution in [3.63, 3.8) is 0 Å². The van der Waals surface area contributed by atoms with Crippen LogP contribution in [0.3, 0.4) is 0 Å². The average molecular weight is 527 g/mol. The lowest BCUT2D eigenvalue weighted by Gasteiger charge is -2.26. The third-order valence-electron chi connectivity index (χ3n) is 6.68. The van der Waals surface area contributed by atoms with Crippen molar-refractivity contribution in [2.45, 2.75) is 6.92 Å². The number of aryl methyl sites for hydroxylation is 1. The first-order valence-corrected chi connectivity index (χ1v) is 14.5. The SMILES string of the molecule is Cc1ccc(NC(=O)n2c(N=P(c3ccccc3)(c3ccccc3)c3ccccc3)nc3ccccc32)cc1. The molecule has 0 radical (unpaired) electrons. The molecule has 0 aliphatic rings. The Morgan fingerprint density at radius 3 is 1.69 bits per heavy atom. The van der Waals surface area contributed by atoms with E-state index in [1.807, 2.05) is 110 Å². The van der Waals surface area contributed by atoms with Crippen LogP contribution in [0.15, 0.2) is 144 Å². The molecule has 0 fully saturated rings. The molecule has 6 aromatic rings. The maximum absolute atomic E-state index is 13.9. The number of hydrogen-bond acceptors (Lipinski definition) is 3. The lowest BCUT2D eigenvalue weighted by atomic mass is 10.2. The van der Waals surface area contributed by atoms with E-state index in [2.05, 4.69) is 41.7 Å². The van der Waals surface area contributed by atoms with Crippen molar-refractivity contribution >= 4 is 51.7 Å². The number of nitrogens with zero attached hydrogens (tertiary/aromatic N) is 3. The fraction of sp³-hybridized carbons (Fsp3) is 0.0303. The molecule has 0 atom stereocenters. The predicted molar refractivity (Wildman–Crippen MR) is 163 cm³/mol. The van der Waals surface area contributed by atoms with Gasteiger partial charge in [0.2, 0.25) is 5.95 Å². The summed E-state index contributed by atoms with van der Waals surface area (Å²) in [5.74, 6) is 0.366. The van der Waals surface area contributed by atoms with Crippen LogP contribution in [0.1, 0.15) is 5.56 Å². The number of hydrogen-bond donors (Lipinski definition) is 1. The normalized spacial score (nSPS) is 11.3. The second-order valence-electron chi connectivity index (χ2n) is 9.27. The zero-order valence-electron chi connectivity index (χ0n) is 21.5. The monoisotopic (exact) mass is 526 g/mol. The fourth-order valence-electron chi connectivity index (χ4n) is 4.78. The molecule has 1 aromatic heterocycles. The lowest BCUT2D eigenvalue weighted by molar-refractivity contribution is 0.254. The second-order valence-corrected chi connectivity index (χ2v) is 12.3. The van der Waals surface area contributed by atoms with Crippen LogP contribution in [0, 0.1) is 6.92 Å². The van der Waals surface area contributed by atoms with Crippen molar-refractivity contribution in [2.24, 2.45) is 4.74 Å². The number of imidazole rings is 1. The van der Waals surface area contributed by atoms with E-state index in [1.54, 1.807) is 4.57 Å². The molecule has 39 heavy (non-hydrogen) atoms. The molecule has 190 valence electrons. The molecule has 5 nitrogen and oxygen atoms in total. The van der Waals surface area contributed by atoms with Gasteiger partial charge in [-0.05, 0) is 31.2 Å². The Kier molecular flexibility index (Phi) is 6.66. The van der Waals surface area contributed by atoms with Crippen molar-refractivity contribution < 1.29 is 4.79 Å².